The van der Waals surface area contributed by atoms with Crippen LogP contribution in [0.2, 0.25) is 0 Å². The minimum Gasteiger partial charge on any atom is -0.339 e. The Morgan fingerprint density at radius 1 is 1.33 bits per heavy atom. The molecule has 0 fully saturated rings. The lowest BCUT2D eigenvalue weighted by Gasteiger charge is -2.08. The molecule has 0 N–H and O–H groups in total. The van der Waals surface area contributed by atoms with Gasteiger partial charge in [-0.1, -0.05) is 24.3 Å². The van der Waals surface area contributed by atoms with Crippen molar-refractivity contribution in [3.8, 4) is 0 Å². The van der Waals surface area contributed by atoms with Crippen molar-refractivity contribution in [2.24, 2.45) is 0 Å². The summed E-state index contributed by atoms with van der Waals surface area (Å²) in [4.78, 5) is 33.9. The summed E-state index contributed by atoms with van der Waals surface area (Å²) in [6.07, 6.45) is 2.44. The molecule has 0 spiro atoms. The first kappa shape index (κ1) is 15.1. The van der Waals surface area contributed by atoms with E-state index in [1.165, 1.54) is 10.8 Å². The van der Waals surface area contributed by atoms with Crippen LogP contribution in [-0.4, -0.2) is 15.3 Å². The lowest BCUT2D eigenvalue weighted by atomic mass is 10.1. The molecule has 7 heteroatoms. The third-order valence-corrected chi connectivity index (χ3v) is 3.55. The molecule has 0 unspecified atom stereocenters. The monoisotopic (exact) mass is 350 g/mol. The molecular weight excluding hydrogens is 340 g/mol. The van der Waals surface area contributed by atoms with Crippen molar-refractivity contribution in [3.63, 3.8) is 0 Å². The average Bonchev–Trinajstić information content (AvgIpc) is 2.42. The van der Waals surface area contributed by atoms with Crippen LogP contribution in [-0.2, 0) is 6.54 Å². The molecule has 0 amide bonds. The SMILES string of the molecule is Cc1ccccc1C(=O)Cn1cc(Br)c(=O)c([N+](=O)[O-])c1. The molecule has 0 saturated heterocycles. The van der Waals surface area contributed by atoms with E-state index in [9.17, 15) is 19.7 Å². The van der Waals surface area contributed by atoms with Gasteiger partial charge in [0.15, 0.2) is 5.78 Å². The second-order valence-corrected chi connectivity index (χ2v) is 5.34. The van der Waals surface area contributed by atoms with Gasteiger partial charge in [0.2, 0.25) is 0 Å². The summed E-state index contributed by atoms with van der Waals surface area (Å²) >= 11 is 2.98. The minimum absolute atomic E-state index is 0.0503. The zero-order valence-electron chi connectivity index (χ0n) is 11.1. The molecule has 0 radical (unpaired) electrons. The topological polar surface area (TPSA) is 82.2 Å². The van der Waals surface area contributed by atoms with E-state index in [0.29, 0.717) is 5.56 Å². The molecule has 1 heterocycles. The van der Waals surface area contributed by atoms with E-state index in [1.807, 2.05) is 19.1 Å². The number of hydrogen-bond donors (Lipinski definition) is 0. The van der Waals surface area contributed by atoms with E-state index >= 15 is 0 Å². The Labute approximate surface area is 128 Å². The normalized spacial score (nSPS) is 10.4. The molecule has 0 saturated carbocycles. The minimum atomic E-state index is -0.762. The number of hydrogen-bond acceptors (Lipinski definition) is 4. The third kappa shape index (κ3) is 3.25. The molecule has 0 aliphatic heterocycles. The van der Waals surface area contributed by atoms with Gasteiger partial charge in [-0.15, -0.1) is 0 Å². The van der Waals surface area contributed by atoms with Crippen LogP contribution >= 0.6 is 15.9 Å². The maximum atomic E-state index is 12.2. The van der Waals surface area contributed by atoms with E-state index in [1.54, 1.807) is 12.1 Å². The largest absolute Gasteiger partial charge is 0.339 e. The number of aryl methyl sites for hydroxylation is 1. The second kappa shape index (κ2) is 6.01. The molecule has 2 aromatic rings. The fraction of sp³-hybridized carbons (Fsp3) is 0.143. The van der Waals surface area contributed by atoms with Gasteiger partial charge in [-0.2, -0.15) is 0 Å². The zero-order chi connectivity index (χ0) is 15.6. The van der Waals surface area contributed by atoms with Crippen molar-refractivity contribution in [2.75, 3.05) is 0 Å². The van der Waals surface area contributed by atoms with Crippen molar-refractivity contribution in [1.82, 2.24) is 4.57 Å². The van der Waals surface area contributed by atoms with Gasteiger partial charge in [0, 0.05) is 11.8 Å². The van der Waals surface area contributed by atoms with Crippen molar-refractivity contribution >= 4 is 27.4 Å². The molecule has 108 valence electrons. The number of aromatic nitrogens is 1. The smallest absolute Gasteiger partial charge is 0.333 e. The highest BCUT2D eigenvalue weighted by molar-refractivity contribution is 9.10. The Morgan fingerprint density at radius 2 is 2.00 bits per heavy atom. The first-order chi connectivity index (χ1) is 9.90. The van der Waals surface area contributed by atoms with Crippen LogP contribution < -0.4 is 5.43 Å². The summed E-state index contributed by atoms with van der Waals surface area (Å²) < 4.78 is 1.38. The number of pyridine rings is 1. The third-order valence-electron chi connectivity index (χ3n) is 2.99. The second-order valence-electron chi connectivity index (χ2n) is 4.49. The highest BCUT2D eigenvalue weighted by Gasteiger charge is 2.17. The average molecular weight is 351 g/mol. The summed E-state index contributed by atoms with van der Waals surface area (Å²) in [5.41, 5.74) is 0.105. The summed E-state index contributed by atoms with van der Waals surface area (Å²) in [6, 6.07) is 7.09. The van der Waals surface area contributed by atoms with Crippen molar-refractivity contribution in [2.45, 2.75) is 13.5 Å². The van der Waals surface area contributed by atoms with Gasteiger partial charge in [0.25, 0.3) is 5.43 Å². The highest BCUT2D eigenvalue weighted by Crippen LogP contribution is 2.13. The predicted molar refractivity (Wildman–Crippen MR) is 80.6 cm³/mol. The van der Waals surface area contributed by atoms with Gasteiger partial charge in [-0.25, -0.2) is 0 Å². The van der Waals surface area contributed by atoms with Gasteiger partial charge in [-0.05, 0) is 28.4 Å². The quantitative estimate of drug-likeness (QED) is 0.482. The predicted octanol–water partition coefficient (Wildman–Crippen LogP) is 2.71. The lowest BCUT2D eigenvalue weighted by molar-refractivity contribution is -0.386. The van der Waals surface area contributed by atoms with Gasteiger partial charge in [0.1, 0.15) is 0 Å². The highest BCUT2D eigenvalue weighted by atomic mass is 79.9. The number of ketones is 1. The van der Waals surface area contributed by atoms with Gasteiger partial charge in [-0.3, -0.25) is 19.7 Å². The molecule has 0 atom stereocenters. The molecule has 1 aromatic carbocycles. The number of Topliss-reactive ketones (excluding diaryl/α,β-unsaturated/α-hetero) is 1. The summed E-state index contributed by atoms with van der Waals surface area (Å²) in [5, 5.41) is 10.8. The first-order valence-electron chi connectivity index (χ1n) is 6.03. The van der Waals surface area contributed by atoms with Crippen LogP contribution in [0.5, 0.6) is 0 Å². The van der Waals surface area contributed by atoms with E-state index in [0.717, 1.165) is 11.8 Å². The Bertz CT molecular complexity index is 783. The maximum absolute atomic E-state index is 12.2. The Balaban J connectivity index is 2.37. The summed E-state index contributed by atoms with van der Waals surface area (Å²) in [6.45, 7) is 1.74. The molecule has 0 aliphatic rings. The van der Waals surface area contributed by atoms with Crippen molar-refractivity contribution < 1.29 is 9.72 Å². The van der Waals surface area contributed by atoms with Crippen molar-refractivity contribution in [1.29, 1.82) is 0 Å². The first-order valence-corrected chi connectivity index (χ1v) is 6.82. The Kier molecular flexibility index (Phi) is 4.32. The number of benzene rings is 1. The van der Waals surface area contributed by atoms with Gasteiger partial charge >= 0.3 is 5.69 Å². The number of nitro groups is 1. The van der Waals surface area contributed by atoms with Crippen LogP contribution in [0.15, 0.2) is 45.9 Å². The van der Waals surface area contributed by atoms with E-state index in [2.05, 4.69) is 15.9 Å². The van der Waals surface area contributed by atoms with E-state index in [4.69, 9.17) is 0 Å². The van der Waals surface area contributed by atoms with E-state index in [-0.39, 0.29) is 16.8 Å². The van der Waals surface area contributed by atoms with Crippen LogP contribution in [0.4, 0.5) is 5.69 Å². The number of carbonyl (C=O) groups excluding carboxylic acids is 1. The summed E-state index contributed by atoms with van der Waals surface area (Å²) in [5.74, 6) is -0.182. The molecule has 6 nitrogen and oxygen atoms in total. The zero-order valence-corrected chi connectivity index (χ0v) is 12.7. The maximum Gasteiger partial charge on any atom is 0.333 e. The number of halogens is 1. The van der Waals surface area contributed by atoms with Crippen LogP contribution in [0.1, 0.15) is 15.9 Å². The molecule has 1 aromatic heterocycles. The molecule has 0 bridgehead atoms. The van der Waals surface area contributed by atoms with Crippen LogP contribution in [0.25, 0.3) is 0 Å². The Morgan fingerprint density at radius 3 is 2.62 bits per heavy atom. The van der Waals surface area contributed by atoms with Crippen molar-refractivity contribution in [3.05, 3.63) is 72.6 Å². The van der Waals surface area contributed by atoms with Crippen LogP contribution in [0, 0.1) is 17.0 Å². The molecule has 0 aliphatic carbocycles. The number of carbonyl (C=O) groups is 1. The lowest BCUT2D eigenvalue weighted by Crippen LogP contribution is -2.17. The van der Waals surface area contributed by atoms with E-state index < -0.39 is 16.0 Å². The Hall–Kier alpha value is -2.28. The molecule has 2 rings (SSSR count). The van der Waals surface area contributed by atoms with Crippen LogP contribution in [0.3, 0.4) is 0 Å². The summed E-state index contributed by atoms with van der Waals surface area (Å²) in [7, 11) is 0. The standard InChI is InChI=1S/C14H11BrN2O4/c1-9-4-2-3-5-10(9)13(18)8-16-6-11(15)14(19)12(7-16)17(20)21/h2-7H,8H2,1H3. The molecule has 21 heavy (non-hydrogen) atoms. The van der Waals surface area contributed by atoms with Gasteiger partial charge in [0.05, 0.1) is 22.1 Å². The van der Waals surface area contributed by atoms with Gasteiger partial charge < -0.3 is 4.57 Å². The fourth-order valence-electron chi connectivity index (χ4n) is 1.94. The number of rotatable bonds is 4. The number of nitrogens with zero attached hydrogens (tertiary/aromatic N) is 2. The molecular formula is C14H11BrN2O4. The fourth-order valence-corrected chi connectivity index (χ4v) is 2.40.